The van der Waals surface area contributed by atoms with E-state index in [1.54, 1.807) is 33.5 Å². The maximum Gasteiger partial charge on any atom is 0.269 e. The minimum atomic E-state index is -0.864. The zero-order valence-corrected chi connectivity index (χ0v) is 34.6. The molecule has 0 fully saturated rings. The fraction of sp³-hybridized carbons (Fsp3) is 0.0690. The third-order valence-corrected chi connectivity index (χ3v) is 11.4. The van der Waals surface area contributed by atoms with E-state index < -0.39 is 66.3 Å². The molecule has 3 heterocycles. The van der Waals surface area contributed by atoms with E-state index in [9.17, 15) is 0 Å². The molecule has 0 N–H and O–H groups in total. The van der Waals surface area contributed by atoms with Crippen LogP contribution in [0.1, 0.15) is 45.9 Å². The molecule has 0 aliphatic heterocycles. The van der Waals surface area contributed by atoms with E-state index in [-0.39, 0.29) is 27.9 Å². The van der Waals surface area contributed by atoms with Crippen molar-refractivity contribution in [1.29, 1.82) is 0 Å². The number of nitrogens with zero attached hydrogens (tertiary/aromatic N) is 4. The monoisotopic (exact) mass is 823 g/mol. The van der Waals surface area contributed by atoms with Crippen LogP contribution in [-0.4, -0.2) is 14.1 Å². The van der Waals surface area contributed by atoms with Crippen molar-refractivity contribution < 1.29 is 24.4 Å². The zero-order chi connectivity index (χ0) is 52.1. The number of rotatable bonds is 9. The molecule has 0 saturated carbocycles. The number of imidazole rings is 1. The van der Waals surface area contributed by atoms with Gasteiger partial charge in [0.2, 0.25) is 0 Å². The molecule has 0 spiro atoms. The summed E-state index contributed by atoms with van der Waals surface area (Å²) in [5.74, 6) is 0.829. The van der Waals surface area contributed by atoms with Crippen molar-refractivity contribution >= 4 is 32.8 Å². The normalized spacial score (nSPS) is 14.2. The topological polar surface area (TPSA) is 35.9 Å². The van der Waals surface area contributed by atoms with Crippen LogP contribution in [0.2, 0.25) is 0 Å². The van der Waals surface area contributed by atoms with Crippen LogP contribution < -0.4 is 9.30 Å². The van der Waals surface area contributed by atoms with Gasteiger partial charge in [0.25, 0.3) is 6.33 Å². The Morgan fingerprint density at radius 2 is 1.32 bits per heavy atom. The maximum atomic E-state index is 9.07. The quantitative estimate of drug-likeness (QED) is 0.107. The van der Waals surface area contributed by atoms with E-state index in [1.807, 2.05) is 112 Å². The van der Waals surface area contributed by atoms with Gasteiger partial charge < -0.3 is 4.74 Å². The molecule has 63 heavy (non-hydrogen) atoms. The molecule has 0 atom stereocenters. The van der Waals surface area contributed by atoms with Crippen molar-refractivity contribution in [3.8, 4) is 62.1 Å². The Hall–Kier alpha value is -8.02. The molecule has 0 aliphatic rings. The highest BCUT2D eigenvalue weighted by Crippen LogP contribution is 2.39. The average Bonchev–Trinajstić information content (AvgIpc) is 3.95. The van der Waals surface area contributed by atoms with Crippen molar-refractivity contribution in [3.05, 3.63) is 224 Å². The van der Waals surface area contributed by atoms with E-state index in [2.05, 4.69) is 41.2 Å². The number of hydrogen-bond acceptors (Lipinski definition) is 2. The van der Waals surface area contributed by atoms with Gasteiger partial charge in [-0.05, 0) is 112 Å². The predicted molar refractivity (Wildman–Crippen MR) is 257 cm³/mol. The van der Waals surface area contributed by atoms with E-state index in [0.717, 1.165) is 44.1 Å². The summed E-state index contributed by atoms with van der Waals surface area (Å²) in [6.07, 6.45) is 5.21. The lowest BCUT2D eigenvalue weighted by Gasteiger charge is -2.17. The van der Waals surface area contributed by atoms with Gasteiger partial charge in [-0.25, -0.2) is 4.98 Å². The first-order valence-electron chi connectivity index (χ1n) is 26.0. The van der Waals surface area contributed by atoms with Gasteiger partial charge in [-0.3, -0.25) is 13.7 Å². The van der Waals surface area contributed by atoms with Crippen molar-refractivity contribution in [2.45, 2.75) is 26.7 Å². The third-order valence-electron chi connectivity index (χ3n) is 11.4. The van der Waals surface area contributed by atoms with Crippen LogP contribution in [0.25, 0.3) is 83.4 Å². The van der Waals surface area contributed by atoms with Crippen LogP contribution in [0, 0.1) is 13.3 Å². The average molecular weight is 824 g/mol. The molecule has 0 amide bonds. The van der Waals surface area contributed by atoms with Crippen LogP contribution >= 0.6 is 0 Å². The maximum absolute atomic E-state index is 9.07. The molecule has 0 bridgehead atoms. The Labute approximate surface area is 382 Å². The SMILES string of the molecule is [2H]c1c([2H])c([2H])c(-c2cccc(-c3c([2H])c([2H])c([2H])c([2H])c3[2H])c2-[n+]2[c-]n(-c3cccc(Oc4ccc5c6cc(-c7ccccc7)ccc6n(-c6cc(C([2H])(C)C)ccn6)c5c4)c3)c3cccc(C)c32)c([2H])c1[2H]. The highest BCUT2D eigenvalue weighted by atomic mass is 16.5. The van der Waals surface area contributed by atoms with E-state index in [0.29, 0.717) is 34.0 Å². The largest absolute Gasteiger partial charge is 0.458 e. The molecule has 3 aromatic heterocycles. The van der Waals surface area contributed by atoms with Crippen LogP contribution in [0.15, 0.2) is 206 Å². The summed E-state index contributed by atoms with van der Waals surface area (Å²) in [6, 6.07) is 39.0. The number of para-hydroxylation sites is 2. The van der Waals surface area contributed by atoms with E-state index in [1.165, 1.54) is 0 Å². The van der Waals surface area contributed by atoms with Crippen LogP contribution in [0.3, 0.4) is 0 Å². The second kappa shape index (κ2) is 15.8. The van der Waals surface area contributed by atoms with Gasteiger partial charge in [-0.2, -0.15) is 0 Å². The van der Waals surface area contributed by atoms with Gasteiger partial charge in [0.05, 0.1) is 47.1 Å². The van der Waals surface area contributed by atoms with E-state index in [4.69, 9.17) is 24.8 Å². The molecule has 302 valence electrons. The lowest BCUT2D eigenvalue weighted by molar-refractivity contribution is -0.571. The smallest absolute Gasteiger partial charge is 0.269 e. The van der Waals surface area contributed by atoms with Gasteiger partial charge in [-0.15, -0.1) is 0 Å². The number of aromatic nitrogens is 4. The summed E-state index contributed by atoms with van der Waals surface area (Å²) in [7, 11) is 0. The van der Waals surface area contributed by atoms with Gasteiger partial charge in [0.15, 0.2) is 0 Å². The number of hydrogen-bond donors (Lipinski definition) is 0. The minimum absolute atomic E-state index is 0.137. The standard InChI is InChI=1S/C58H44N4O/c1-39(2)44-32-33-59-56(35-44)62-53-31-28-45(41-17-7-4-8-18-41)34-52(53)51-30-29-48(37-55(51)62)63-47-24-14-23-46(36-47)60-38-61(57-40(3)16-13-27-54(57)60)58-49(42-19-9-5-10-20-42)25-15-26-50(58)43-21-11-6-12-22-43/h4-37,39H,1-3H3/i5D,6D,9D,10D,11D,12D,19D,20D,21D,22D,39D. The third kappa shape index (κ3) is 6.84. The number of aryl methyl sites for hydroxylation is 1. The molecule has 0 unspecified atom stereocenters. The van der Waals surface area contributed by atoms with E-state index >= 15 is 0 Å². The summed E-state index contributed by atoms with van der Waals surface area (Å²) in [4.78, 5) is 4.82. The molecular formula is C58H44N4O. The zero-order valence-electron chi connectivity index (χ0n) is 45.6. The molecule has 11 rings (SSSR count). The summed E-state index contributed by atoms with van der Waals surface area (Å²) >= 11 is 0. The Morgan fingerprint density at radius 1 is 0.603 bits per heavy atom. The molecule has 0 aliphatic carbocycles. The van der Waals surface area contributed by atoms with Crippen LogP contribution in [-0.2, 0) is 0 Å². The Bertz CT molecular complexity index is 3980. The van der Waals surface area contributed by atoms with Crippen LogP contribution in [0.5, 0.6) is 11.5 Å². The van der Waals surface area contributed by atoms with Gasteiger partial charge in [0, 0.05) is 24.4 Å². The number of ether oxygens (including phenoxy) is 1. The number of pyridine rings is 1. The molecule has 11 aromatic rings. The molecule has 5 nitrogen and oxygen atoms in total. The first-order chi connectivity index (χ1) is 35.4. The summed E-state index contributed by atoms with van der Waals surface area (Å²) in [6.45, 7) is 5.60. The van der Waals surface area contributed by atoms with Gasteiger partial charge in [0.1, 0.15) is 17.3 Å². The molecule has 0 saturated heterocycles. The van der Waals surface area contributed by atoms with Gasteiger partial charge >= 0.3 is 0 Å². The summed E-state index contributed by atoms with van der Waals surface area (Å²) < 4.78 is 109. The van der Waals surface area contributed by atoms with Crippen LogP contribution in [0.4, 0.5) is 0 Å². The highest BCUT2D eigenvalue weighted by Gasteiger charge is 2.21. The molecule has 5 heteroatoms. The second-order valence-electron chi connectivity index (χ2n) is 15.5. The second-order valence-corrected chi connectivity index (χ2v) is 15.5. The lowest BCUT2D eigenvalue weighted by Crippen LogP contribution is -2.32. The minimum Gasteiger partial charge on any atom is -0.458 e. The predicted octanol–water partition coefficient (Wildman–Crippen LogP) is 14.4. The Kier molecular flexibility index (Phi) is 6.95. The Balaban J connectivity index is 1.09. The first-order valence-corrected chi connectivity index (χ1v) is 20.5. The van der Waals surface area contributed by atoms with Crippen molar-refractivity contribution in [2.75, 3.05) is 0 Å². The van der Waals surface area contributed by atoms with Crippen molar-refractivity contribution in [1.82, 2.24) is 14.1 Å². The summed E-state index contributed by atoms with van der Waals surface area (Å²) in [5, 5.41) is 2.00. The number of benzene rings is 8. The van der Waals surface area contributed by atoms with Crippen molar-refractivity contribution in [2.24, 2.45) is 0 Å². The fourth-order valence-electron chi connectivity index (χ4n) is 8.43. The van der Waals surface area contributed by atoms with Crippen molar-refractivity contribution in [3.63, 3.8) is 0 Å². The Morgan fingerprint density at radius 3 is 2.06 bits per heavy atom. The molecular weight excluding hydrogens is 769 g/mol. The number of fused-ring (bicyclic) bond motifs is 4. The summed E-state index contributed by atoms with van der Waals surface area (Å²) in [5.41, 5.74) is 7.59. The molecule has 0 radical (unpaired) electrons. The van der Waals surface area contributed by atoms with Gasteiger partial charge in [-0.1, -0.05) is 153 Å². The fourth-order valence-corrected chi connectivity index (χ4v) is 8.43. The lowest BCUT2D eigenvalue weighted by atomic mass is 9.95. The molecule has 8 aromatic carbocycles. The first kappa shape index (κ1) is 27.8. The highest BCUT2D eigenvalue weighted by molar-refractivity contribution is 6.10.